The molecule has 42 heavy (non-hydrogen) atoms. The molecule has 0 bridgehead atoms. The van der Waals surface area contributed by atoms with Crippen LogP contribution < -0.4 is 16.4 Å². The number of carbonyl (C=O) groups excluding carboxylic acids is 4. The quantitative estimate of drug-likeness (QED) is 0.277. The Balaban J connectivity index is 2.61. The Kier molecular flexibility index (Phi) is 13.3. The van der Waals surface area contributed by atoms with Crippen LogP contribution in [0.15, 0.2) is 18.2 Å². The van der Waals surface area contributed by atoms with Gasteiger partial charge in [-0.15, -0.1) is 0 Å². The van der Waals surface area contributed by atoms with E-state index in [1.54, 1.807) is 25.7 Å². The molecule has 2 rings (SSSR count). The van der Waals surface area contributed by atoms with Gasteiger partial charge >= 0.3 is 6.09 Å². The monoisotopic (exact) mass is 586 g/mol. The first-order chi connectivity index (χ1) is 19.6. The lowest BCUT2D eigenvalue weighted by atomic mass is 9.92. The highest BCUT2D eigenvalue weighted by Gasteiger charge is 2.39. The molecule has 1 aromatic carbocycles. The van der Waals surface area contributed by atoms with E-state index >= 15 is 0 Å². The number of hydrogen-bond donors (Lipinski definition) is 3. The number of rotatable bonds is 13. The van der Waals surface area contributed by atoms with Crippen molar-refractivity contribution in [1.82, 2.24) is 15.5 Å². The van der Waals surface area contributed by atoms with E-state index in [9.17, 15) is 19.2 Å². The molecule has 236 valence electrons. The van der Waals surface area contributed by atoms with Crippen molar-refractivity contribution in [2.24, 2.45) is 11.7 Å². The number of nitrogens with zero attached hydrogens (tertiary/aromatic N) is 1. The van der Waals surface area contributed by atoms with Gasteiger partial charge in [0.1, 0.15) is 17.7 Å². The van der Waals surface area contributed by atoms with Gasteiger partial charge in [0.25, 0.3) is 0 Å². The third kappa shape index (κ3) is 11.6. The zero-order valence-electron chi connectivity index (χ0n) is 27.0. The van der Waals surface area contributed by atoms with Crippen LogP contribution in [0.2, 0.25) is 0 Å². The number of nitrogens with two attached hydrogens (primary N) is 1. The van der Waals surface area contributed by atoms with E-state index in [0.717, 1.165) is 55.2 Å². The maximum absolute atomic E-state index is 14.5. The molecule has 3 unspecified atom stereocenters. The lowest BCUT2D eigenvalue weighted by molar-refractivity contribution is -0.145. The summed E-state index contributed by atoms with van der Waals surface area (Å²) < 4.78 is 5.45. The lowest BCUT2D eigenvalue weighted by Gasteiger charge is -2.39. The van der Waals surface area contributed by atoms with Crippen LogP contribution in [0.1, 0.15) is 122 Å². The second-order valence-corrected chi connectivity index (χ2v) is 13.4. The molecule has 0 heterocycles. The maximum atomic E-state index is 14.5. The Morgan fingerprint density at radius 2 is 1.55 bits per heavy atom. The predicted molar refractivity (Wildman–Crippen MR) is 166 cm³/mol. The summed E-state index contributed by atoms with van der Waals surface area (Å²) in [7, 11) is 0. The van der Waals surface area contributed by atoms with Crippen LogP contribution >= 0.6 is 0 Å². The third-order valence-corrected chi connectivity index (χ3v) is 7.60. The van der Waals surface area contributed by atoms with Crippen LogP contribution in [-0.4, -0.2) is 52.4 Å². The first-order valence-electron chi connectivity index (χ1n) is 15.6. The van der Waals surface area contributed by atoms with E-state index in [2.05, 4.69) is 24.5 Å². The largest absolute Gasteiger partial charge is 0.444 e. The molecule has 0 radical (unpaired) electrons. The van der Waals surface area contributed by atoms with Crippen LogP contribution in [-0.2, 0) is 19.1 Å². The Morgan fingerprint density at radius 3 is 2.07 bits per heavy atom. The molecule has 1 aliphatic rings. The highest BCUT2D eigenvalue weighted by molar-refractivity contribution is 5.93. The Bertz CT molecular complexity index is 1050. The van der Waals surface area contributed by atoms with Crippen molar-refractivity contribution >= 4 is 23.8 Å². The normalized spacial score (nSPS) is 16.3. The zero-order chi connectivity index (χ0) is 31.6. The molecule has 9 nitrogen and oxygen atoms in total. The number of alkyl carbamates (subject to hydrolysis) is 1. The number of amides is 4. The number of carbonyl (C=O) groups is 4. The number of nitrogens with one attached hydrogen (secondary N) is 2. The van der Waals surface area contributed by atoms with Crippen LogP contribution in [0.4, 0.5) is 4.79 Å². The predicted octanol–water partition coefficient (Wildman–Crippen LogP) is 5.61. The summed E-state index contributed by atoms with van der Waals surface area (Å²) in [5.74, 6) is -0.867. The fourth-order valence-corrected chi connectivity index (χ4v) is 5.62. The van der Waals surface area contributed by atoms with Gasteiger partial charge in [-0.1, -0.05) is 62.4 Å². The van der Waals surface area contributed by atoms with Crippen molar-refractivity contribution in [3.05, 3.63) is 34.9 Å². The number of benzene rings is 1. The van der Waals surface area contributed by atoms with Crippen LogP contribution in [0, 0.1) is 19.8 Å². The highest BCUT2D eigenvalue weighted by atomic mass is 16.6. The van der Waals surface area contributed by atoms with Gasteiger partial charge in [0.15, 0.2) is 0 Å². The minimum Gasteiger partial charge on any atom is -0.444 e. The van der Waals surface area contributed by atoms with Crippen molar-refractivity contribution in [1.29, 1.82) is 0 Å². The molecule has 0 saturated heterocycles. The zero-order valence-corrected chi connectivity index (χ0v) is 27.0. The van der Waals surface area contributed by atoms with Crippen molar-refractivity contribution in [3.8, 4) is 0 Å². The summed E-state index contributed by atoms with van der Waals surface area (Å²) in [5.41, 5.74) is 7.36. The van der Waals surface area contributed by atoms with E-state index in [0.29, 0.717) is 12.3 Å². The van der Waals surface area contributed by atoms with Gasteiger partial charge in [-0.25, -0.2) is 4.79 Å². The number of aryl methyl sites for hydroxylation is 2. The Morgan fingerprint density at radius 1 is 0.952 bits per heavy atom. The van der Waals surface area contributed by atoms with Crippen molar-refractivity contribution in [2.75, 3.05) is 0 Å². The number of primary amides is 1. The van der Waals surface area contributed by atoms with Gasteiger partial charge in [-0.05, 0) is 85.1 Å². The van der Waals surface area contributed by atoms with Crippen LogP contribution in [0.5, 0.6) is 0 Å². The molecule has 1 fully saturated rings. The summed E-state index contributed by atoms with van der Waals surface area (Å²) in [5, 5.41) is 5.94. The van der Waals surface area contributed by atoms with Gasteiger partial charge in [-0.2, -0.15) is 0 Å². The van der Waals surface area contributed by atoms with Gasteiger partial charge < -0.3 is 26.0 Å². The van der Waals surface area contributed by atoms with Gasteiger partial charge in [0, 0.05) is 18.5 Å². The summed E-state index contributed by atoms with van der Waals surface area (Å²) in [4.78, 5) is 55.0. The summed E-state index contributed by atoms with van der Waals surface area (Å²) in [6.45, 7) is 15.3. The second kappa shape index (κ2) is 15.9. The van der Waals surface area contributed by atoms with E-state index in [1.165, 1.54) is 0 Å². The maximum Gasteiger partial charge on any atom is 0.408 e. The standard InChI is InChI=1S/C33H54N4O5/c1-21(2)14-15-24(5)37(31(40)27(16-17-28(34)38)36-32(41)42-33(6,7)8)29(25-19-22(3)18-23(4)20-25)30(39)35-26-12-10-9-11-13-26/h18-21,24,26-27,29H,9-17H2,1-8H3,(H2,34,38)(H,35,39)(H,36,41). The lowest BCUT2D eigenvalue weighted by Crippen LogP contribution is -2.56. The van der Waals surface area contributed by atoms with E-state index in [1.807, 2.05) is 39.0 Å². The number of ether oxygens (including phenoxy) is 1. The van der Waals surface area contributed by atoms with Gasteiger partial charge in [-0.3, -0.25) is 14.4 Å². The average molecular weight is 587 g/mol. The third-order valence-electron chi connectivity index (χ3n) is 7.60. The summed E-state index contributed by atoms with van der Waals surface area (Å²) in [6, 6.07) is 3.63. The first kappa shape index (κ1) is 35.1. The van der Waals surface area contributed by atoms with Crippen molar-refractivity contribution in [2.45, 2.75) is 143 Å². The van der Waals surface area contributed by atoms with Gasteiger partial charge in [0.05, 0.1) is 0 Å². The molecule has 1 aromatic rings. The number of hydrogen-bond acceptors (Lipinski definition) is 5. The van der Waals surface area contributed by atoms with Gasteiger partial charge in [0.2, 0.25) is 17.7 Å². The SMILES string of the molecule is Cc1cc(C)cc(C(C(=O)NC2CCCCC2)N(C(=O)C(CCC(N)=O)NC(=O)OC(C)(C)C)C(C)CCC(C)C)c1. The van der Waals surface area contributed by atoms with Crippen LogP contribution in [0.25, 0.3) is 0 Å². The highest BCUT2D eigenvalue weighted by Crippen LogP contribution is 2.30. The molecular formula is C33H54N4O5. The molecule has 3 atom stereocenters. The minimum atomic E-state index is -1.11. The van der Waals surface area contributed by atoms with Crippen molar-refractivity contribution < 1.29 is 23.9 Å². The fraction of sp³-hybridized carbons (Fsp3) is 0.697. The molecule has 1 aliphatic carbocycles. The average Bonchev–Trinajstić information content (AvgIpc) is 2.86. The molecule has 0 spiro atoms. The summed E-state index contributed by atoms with van der Waals surface area (Å²) >= 11 is 0. The molecule has 9 heteroatoms. The first-order valence-corrected chi connectivity index (χ1v) is 15.6. The smallest absolute Gasteiger partial charge is 0.408 e. The van der Waals surface area contributed by atoms with E-state index in [-0.39, 0.29) is 30.8 Å². The molecular weight excluding hydrogens is 532 g/mol. The molecule has 0 aromatic heterocycles. The van der Waals surface area contributed by atoms with E-state index in [4.69, 9.17) is 10.5 Å². The minimum absolute atomic E-state index is 0.00931. The van der Waals surface area contributed by atoms with Crippen molar-refractivity contribution in [3.63, 3.8) is 0 Å². The Labute approximate surface area is 252 Å². The molecule has 4 amide bonds. The second-order valence-electron chi connectivity index (χ2n) is 13.4. The van der Waals surface area contributed by atoms with E-state index < -0.39 is 35.6 Å². The Hall–Kier alpha value is -3.10. The molecule has 4 N–H and O–H groups in total. The van der Waals surface area contributed by atoms with Crippen LogP contribution in [0.3, 0.4) is 0 Å². The molecule has 0 aliphatic heterocycles. The fourth-order valence-electron chi connectivity index (χ4n) is 5.62. The summed E-state index contributed by atoms with van der Waals surface area (Å²) in [6.07, 6.45) is 5.71. The molecule has 1 saturated carbocycles. The topological polar surface area (TPSA) is 131 Å².